The molecule has 0 bridgehead atoms. The first-order valence-corrected chi connectivity index (χ1v) is 8.76. The Balaban J connectivity index is 2.34. The Morgan fingerprint density at radius 2 is 1.84 bits per heavy atom. The molecule has 0 unspecified atom stereocenters. The molecule has 3 rings (SSSR count). The number of fused-ring (bicyclic) bond motifs is 3. The highest BCUT2D eigenvalue weighted by Crippen LogP contribution is 2.52. The summed E-state index contributed by atoms with van der Waals surface area (Å²) < 4.78 is 108. The normalized spacial score (nSPS) is 17.2. The minimum atomic E-state index is -5.21. The van der Waals surface area contributed by atoms with E-state index < -0.39 is 70.6 Å². The maximum absolute atomic E-state index is 13.8. The number of ether oxygens (including phenoxy) is 3. The predicted octanol–water partition coefficient (Wildman–Crippen LogP) is 5.10. The Hall–Kier alpha value is -2.64. The molecule has 0 atom stereocenters. The third-order valence-electron chi connectivity index (χ3n) is 4.28. The second-order valence-corrected chi connectivity index (χ2v) is 7.06. The Kier molecular flexibility index (Phi) is 5.35. The maximum atomic E-state index is 13.8. The second-order valence-electron chi connectivity index (χ2n) is 6.66. The number of imidazole rings is 1. The summed E-state index contributed by atoms with van der Waals surface area (Å²) >= 11 is 5.87. The van der Waals surface area contributed by atoms with E-state index in [4.69, 9.17) is 11.6 Å². The fraction of sp³-hybridized carbons (Fsp3) is 0.500. The lowest BCUT2D eigenvalue weighted by molar-refractivity contribution is -0.391. The fourth-order valence-corrected chi connectivity index (χ4v) is 3.06. The van der Waals surface area contributed by atoms with Crippen LogP contribution in [0, 0.1) is 0 Å². The lowest BCUT2D eigenvalue weighted by Gasteiger charge is -2.33. The van der Waals surface area contributed by atoms with Crippen LogP contribution < -0.4 is 9.47 Å². The zero-order valence-corrected chi connectivity index (χ0v) is 16.6. The van der Waals surface area contributed by atoms with Crippen LogP contribution in [0.4, 0.5) is 35.5 Å². The second kappa shape index (κ2) is 7.21. The average Bonchev–Trinajstić information content (AvgIpc) is 3.01. The fourth-order valence-electron chi connectivity index (χ4n) is 2.83. The quantitative estimate of drug-likeness (QED) is 0.573. The number of hydrogen-bond acceptors (Lipinski definition) is 5. The molecule has 0 fully saturated rings. The van der Waals surface area contributed by atoms with E-state index in [0.717, 1.165) is 12.0 Å². The number of alkyl halides is 7. The van der Waals surface area contributed by atoms with Crippen LogP contribution in [0.3, 0.4) is 0 Å². The number of hydrogen-bond donors (Lipinski definition) is 0. The standard InChI is InChI=1S/C16H13ClF7N3O4/c1-6(2)26(13(28)29-3)5-27-10-9(25-12(27)14(18,19)20)7(17)4-8-11(10)31-16(23,24)15(21,22)30-8/h4,6H,5H2,1-3H3. The van der Waals surface area contributed by atoms with Gasteiger partial charge in [0, 0.05) is 12.1 Å². The van der Waals surface area contributed by atoms with Crippen LogP contribution in [0.5, 0.6) is 11.5 Å². The number of rotatable bonds is 3. The van der Waals surface area contributed by atoms with E-state index in [1.54, 1.807) is 0 Å². The number of nitrogens with zero attached hydrogens (tertiary/aromatic N) is 3. The molecular weight excluding hydrogens is 467 g/mol. The average molecular weight is 480 g/mol. The number of aromatic nitrogens is 2. The van der Waals surface area contributed by atoms with Gasteiger partial charge < -0.3 is 14.2 Å². The van der Waals surface area contributed by atoms with E-state index in [9.17, 15) is 35.5 Å². The van der Waals surface area contributed by atoms with Crippen molar-refractivity contribution in [3.8, 4) is 11.5 Å². The largest absolute Gasteiger partial charge is 0.507 e. The summed E-state index contributed by atoms with van der Waals surface area (Å²) in [5.41, 5.74) is -1.49. The van der Waals surface area contributed by atoms with Crippen molar-refractivity contribution in [1.82, 2.24) is 14.5 Å². The molecule has 0 saturated heterocycles. The van der Waals surface area contributed by atoms with E-state index in [0.29, 0.717) is 10.6 Å². The van der Waals surface area contributed by atoms with Gasteiger partial charge in [0.1, 0.15) is 17.7 Å². The molecule has 1 aromatic heterocycles. The SMILES string of the molecule is COC(=O)N(Cn1c(C(F)(F)F)nc2c(Cl)cc3c(c21)OC(F)(F)C(F)(F)O3)C(C)C. The van der Waals surface area contributed by atoms with Crippen molar-refractivity contribution < 1.29 is 49.7 Å². The first-order valence-electron chi connectivity index (χ1n) is 8.39. The van der Waals surface area contributed by atoms with Gasteiger partial charge in [-0.25, -0.2) is 9.78 Å². The maximum Gasteiger partial charge on any atom is 0.507 e. The molecule has 2 aromatic rings. The number of benzene rings is 1. The van der Waals surface area contributed by atoms with Crippen LogP contribution in [0.25, 0.3) is 11.0 Å². The molecule has 0 saturated carbocycles. The Bertz CT molecular complexity index is 1040. The van der Waals surface area contributed by atoms with Gasteiger partial charge in [0.05, 0.1) is 12.1 Å². The van der Waals surface area contributed by atoms with Crippen molar-refractivity contribution in [2.24, 2.45) is 0 Å². The van der Waals surface area contributed by atoms with Crippen LogP contribution in [0.1, 0.15) is 19.7 Å². The van der Waals surface area contributed by atoms with E-state index in [1.807, 2.05) is 0 Å². The summed E-state index contributed by atoms with van der Waals surface area (Å²) in [5.74, 6) is -3.82. The van der Waals surface area contributed by atoms with Gasteiger partial charge in [-0.05, 0) is 13.8 Å². The molecule has 1 aromatic carbocycles. The zero-order valence-electron chi connectivity index (χ0n) is 15.9. The number of methoxy groups -OCH3 is 1. The van der Waals surface area contributed by atoms with Crippen LogP contribution in [0.2, 0.25) is 5.02 Å². The minimum Gasteiger partial charge on any atom is -0.453 e. The van der Waals surface area contributed by atoms with Gasteiger partial charge in [-0.15, -0.1) is 0 Å². The third kappa shape index (κ3) is 3.77. The lowest BCUT2D eigenvalue weighted by atomic mass is 10.2. The Morgan fingerprint density at radius 3 is 2.35 bits per heavy atom. The van der Waals surface area contributed by atoms with Crippen molar-refractivity contribution >= 4 is 28.7 Å². The summed E-state index contributed by atoms with van der Waals surface area (Å²) in [4.78, 5) is 16.1. The van der Waals surface area contributed by atoms with Crippen molar-refractivity contribution in [2.75, 3.05) is 7.11 Å². The van der Waals surface area contributed by atoms with Crippen molar-refractivity contribution in [1.29, 1.82) is 0 Å². The summed E-state index contributed by atoms with van der Waals surface area (Å²) in [6, 6.07) is -0.135. The Labute approximate surface area is 174 Å². The summed E-state index contributed by atoms with van der Waals surface area (Å²) in [6.07, 6.45) is -16.5. The van der Waals surface area contributed by atoms with Gasteiger partial charge in [0.15, 0.2) is 11.5 Å². The highest BCUT2D eigenvalue weighted by atomic mass is 35.5. The summed E-state index contributed by atoms with van der Waals surface area (Å²) in [7, 11) is 0.979. The first-order chi connectivity index (χ1) is 14.1. The monoisotopic (exact) mass is 479 g/mol. The number of carbonyl (C=O) groups excluding carboxylic acids is 1. The van der Waals surface area contributed by atoms with Gasteiger partial charge in [0.2, 0.25) is 5.82 Å². The van der Waals surface area contributed by atoms with Crippen LogP contribution in [-0.2, 0) is 17.6 Å². The molecule has 1 amide bonds. The topological polar surface area (TPSA) is 65.8 Å². The molecular formula is C16H13ClF7N3O4. The summed E-state index contributed by atoms with van der Waals surface area (Å²) in [5, 5.41) is -0.600. The first kappa shape index (κ1) is 23.0. The highest BCUT2D eigenvalue weighted by molar-refractivity contribution is 6.35. The number of carbonyl (C=O) groups is 1. The van der Waals surface area contributed by atoms with Crippen LogP contribution in [0.15, 0.2) is 6.07 Å². The molecule has 31 heavy (non-hydrogen) atoms. The Morgan fingerprint density at radius 1 is 1.26 bits per heavy atom. The highest BCUT2D eigenvalue weighted by Gasteiger charge is 2.66. The van der Waals surface area contributed by atoms with Gasteiger partial charge in [-0.2, -0.15) is 30.7 Å². The van der Waals surface area contributed by atoms with E-state index in [2.05, 4.69) is 19.2 Å². The van der Waals surface area contributed by atoms with Gasteiger partial charge in [0.25, 0.3) is 0 Å². The molecule has 2 heterocycles. The van der Waals surface area contributed by atoms with E-state index in [-0.39, 0.29) is 0 Å². The van der Waals surface area contributed by atoms with Crippen LogP contribution in [-0.4, -0.2) is 45.9 Å². The van der Waals surface area contributed by atoms with Crippen molar-refractivity contribution in [3.05, 3.63) is 16.9 Å². The predicted molar refractivity (Wildman–Crippen MR) is 90.3 cm³/mol. The number of halogens is 8. The zero-order chi connectivity index (χ0) is 23.5. The van der Waals surface area contributed by atoms with Gasteiger partial charge in [-0.1, -0.05) is 11.6 Å². The number of amides is 1. The molecule has 15 heteroatoms. The third-order valence-corrected chi connectivity index (χ3v) is 4.57. The van der Waals surface area contributed by atoms with Gasteiger partial charge in [-0.3, -0.25) is 9.47 Å². The molecule has 1 aliphatic heterocycles. The molecule has 0 N–H and O–H groups in total. The van der Waals surface area contributed by atoms with Crippen LogP contribution >= 0.6 is 11.6 Å². The molecule has 0 spiro atoms. The van der Waals surface area contributed by atoms with Crippen molar-refractivity contribution in [2.45, 2.75) is 45.0 Å². The molecule has 0 radical (unpaired) electrons. The lowest BCUT2D eigenvalue weighted by Crippen LogP contribution is -2.52. The molecule has 0 aliphatic carbocycles. The summed E-state index contributed by atoms with van der Waals surface area (Å²) in [6.45, 7) is 1.98. The molecule has 172 valence electrons. The van der Waals surface area contributed by atoms with E-state index in [1.165, 1.54) is 13.8 Å². The van der Waals surface area contributed by atoms with Gasteiger partial charge >= 0.3 is 24.5 Å². The smallest absolute Gasteiger partial charge is 0.453 e. The van der Waals surface area contributed by atoms with E-state index >= 15 is 0 Å². The molecule has 7 nitrogen and oxygen atoms in total. The van der Waals surface area contributed by atoms with Crippen molar-refractivity contribution in [3.63, 3.8) is 0 Å². The molecule has 1 aliphatic rings. The minimum absolute atomic E-state index is 0.292.